The first-order valence-electron chi connectivity index (χ1n) is 6.43. The van der Waals surface area contributed by atoms with Gasteiger partial charge in [0.15, 0.2) is 0 Å². The molecule has 1 aromatic heterocycles. The molecule has 4 heteroatoms. The summed E-state index contributed by atoms with van der Waals surface area (Å²) in [7, 11) is 0. The van der Waals surface area contributed by atoms with Gasteiger partial charge in [-0.15, -0.1) is 11.6 Å². The van der Waals surface area contributed by atoms with Gasteiger partial charge in [0.1, 0.15) is 11.6 Å². The zero-order chi connectivity index (χ0) is 14.1. The van der Waals surface area contributed by atoms with Gasteiger partial charge in [0.2, 0.25) is 0 Å². The Balaban J connectivity index is 2.07. The van der Waals surface area contributed by atoms with Gasteiger partial charge in [0.25, 0.3) is 0 Å². The molecular formula is C16H14ClFN2. The fourth-order valence-corrected chi connectivity index (χ4v) is 2.51. The number of hydrogen-bond donors (Lipinski definition) is 0. The van der Waals surface area contributed by atoms with Crippen molar-refractivity contribution >= 4 is 22.6 Å². The monoisotopic (exact) mass is 288 g/mol. The highest BCUT2D eigenvalue weighted by molar-refractivity contribution is 6.16. The maximum Gasteiger partial charge on any atom is 0.125 e. The van der Waals surface area contributed by atoms with Gasteiger partial charge >= 0.3 is 0 Å². The van der Waals surface area contributed by atoms with Crippen molar-refractivity contribution in [1.29, 1.82) is 0 Å². The molecule has 0 radical (unpaired) electrons. The maximum atomic E-state index is 13.3. The van der Waals surface area contributed by atoms with E-state index in [9.17, 15) is 4.39 Å². The number of imidazole rings is 1. The van der Waals surface area contributed by atoms with Crippen LogP contribution in [0.1, 0.15) is 17.0 Å². The standard InChI is InChI=1S/C16H14ClFN2/c1-11-2-4-12(5-3-11)10-20-15-7-6-13(18)8-14(15)19-16(20)9-17/h2-8H,9-10H2,1H3. The molecule has 0 aliphatic carbocycles. The van der Waals surface area contributed by atoms with Crippen LogP contribution in [0.3, 0.4) is 0 Å². The normalized spacial score (nSPS) is 11.2. The number of nitrogens with zero attached hydrogens (tertiary/aromatic N) is 2. The van der Waals surface area contributed by atoms with E-state index in [0.29, 0.717) is 17.9 Å². The lowest BCUT2D eigenvalue weighted by Gasteiger charge is -2.08. The summed E-state index contributed by atoms with van der Waals surface area (Å²) in [5, 5.41) is 0. The molecule has 102 valence electrons. The summed E-state index contributed by atoms with van der Waals surface area (Å²) in [6.45, 7) is 2.74. The van der Waals surface area contributed by atoms with Gasteiger partial charge in [-0.05, 0) is 24.6 Å². The molecule has 3 rings (SSSR count). The molecule has 0 fully saturated rings. The predicted octanol–water partition coefficient (Wildman–Crippen LogP) is 4.27. The van der Waals surface area contributed by atoms with Crippen LogP contribution < -0.4 is 0 Å². The molecule has 2 nitrogen and oxygen atoms in total. The number of hydrogen-bond acceptors (Lipinski definition) is 1. The molecule has 0 aliphatic rings. The molecule has 2 aromatic carbocycles. The highest BCUT2D eigenvalue weighted by Crippen LogP contribution is 2.20. The largest absolute Gasteiger partial charge is 0.322 e. The third-order valence-corrected chi connectivity index (χ3v) is 3.61. The Morgan fingerprint density at radius 2 is 1.90 bits per heavy atom. The second-order valence-electron chi connectivity index (χ2n) is 4.87. The maximum absolute atomic E-state index is 13.3. The summed E-state index contributed by atoms with van der Waals surface area (Å²) in [5.74, 6) is 0.786. The topological polar surface area (TPSA) is 17.8 Å². The van der Waals surface area contributed by atoms with E-state index in [4.69, 9.17) is 11.6 Å². The minimum atomic E-state index is -0.279. The third-order valence-electron chi connectivity index (χ3n) is 3.37. The summed E-state index contributed by atoms with van der Waals surface area (Å²) in [6.07, 6.45) is 0. The van der Waals surface area contributed by atoms with Gasteiger partial charge < -0.3 is 4.57 Å². The zero-order valence-electron chi connectivity index (χ0n) is 11.1. The van der Waals surface area contributed by atoms with E-state index in [1.807, 2.05) is 4.57 Å². The predicted molar refractivity (Wildman–Crippen MR) is 79.5 cm³/mol. The van der Waals surface area contributed by atoms with Gasteiger partial charge in [0, 0.05) is 12.6 Å². The van der Waals surface area contributed by atoms with Crippen molar-refractivity contribution < 1.29 is 4.39 Å². The number of halogens is 2. The molecule has 0 saturated carbocycles. The molecule has 0 unspecified atom stereocenters. The fraction of sp³-hybridized carbons (Fsp3) is 0.188. The minimum absolute atomic E-state index is 0.279. The van der Waals surface area contributed by atoms with Crippen molar-refractivity contribution in [3.05, 3.63) is 65.2 Å². The van der Waals surface area contributed by atoms with Crippen LogP contribution in [0.5, 0.6) is 0 Å². The summed E-state index contributed by atoms with van der Waals surface area (Å²) >= 11 is 5.96. The van der Waals surface area contributed by atoms with Crippen molar-refractivity contribution in [2.24, 2.45) is 0 Å². The van der Waals surface area contributed by atoms with Gasteiger partial charge in [0.05, 0.1) is 16.9 Å². The second kappa shape index (κ2) is 5.25. The van der Waals surface area contributed by atoms with Crippen LogP contribution in [-0.2, 0) is 12.4 Å². The first-order valence-corrected chi connectivity index (χ1v) is 6.97. The van der Waals surface area contributed by atoms with E-state index >= 15 is 0 Å². The van der Waals surface area contributed by atoms with Gasteiger partial charge in [-0.1, -0.05) is 29.8 Å². The fourth-order valence-electron chi connectivity index (χ4n) is 2.31. The zero-order valence-corrected chi connectivity index (χ0v) is 11.9. The van der Waals surface area contributed by atoms with E-state index in [1.165, 1.54) is 23.3 Å². The molecule has 1 heterocycles. The lowest BCUT2D eigenvalue weighted by atomic mass is 10.1. The van der Waals surface area contributed by atoms with Crippen LogP contribution in [0.2, 0.25) is 0 Å². The van der Waals surface area contributed by atoms with Gasteiger partial charge in [-0.3, -0.25) is 0 Å². The van der Waals surface area contributed by atoms with Crippen molar-refractivity contribution in [3.8, 4) is 0 Å². The average molecular weight is 289 g/mol. The summed E-state index contributed by atoms with van der Waals surface area (Å²) < 4.78 is 15.3. The van der Waals surface area contributed by atoms with Crippen LogP contribution in [0.25, 0.3) is 11.0 Å². The minimum Gasteiger partial charge on any atom is -0.322 e. The molecule has 0 amide bonds. The lowest BCUT2D eigenvalue weighted by molar-refractivity contribution is 0.629. The van der Waals surface area contributed by atoms with E-state index < -0.39 is 0 Å². The van der Waals surface area contributed by atoms with E-state index in [0.717, 1.165) is 11.3 Å². The quantitative estimate of drug-likeness (QED) is 0.658. The Bertz CT molecular complexity index is 747. The van der Waals surface area contributed by atoms with E-state index in [1.54, 1.807) is 6.07 Å². The molecule has 0 N–H and O–H groups in total. The Hall–Kier alpha value is -1.87. The molecule has 0 aliphatic heterocycles. The Labute approximate surface area is 121 Å². The smallest absolute Gasteiger partial charge is 0.125 e. The van der Waals surface area contributed by atoms with Crippen molar-refractivity contribution in [2.45, 2.75) is 19.3 Å². The first-order chi connectivity index (χ1) is 9.67. The average Bonchev–Trinajstić information content (AvgIpc) is 2.78. The van der Waals surface area contributed by atoms with Crippen LogP contribution in [-0.4, -0.2) is 9.55 Å². The summed E-state index contributed by atoms with van der Waals surface area (Å²) in [4.78, 5) is 4.40. The summed E-state index contributed by atoms with van der Waals surface area (Å²) in [5.41, 5.74) is 3.95. The highest BCUT2D eigenvalue weighted by atomic mass is 35.5. The molecule has 0 atom stereocenters. The Morgan fingerprint density at radius 1 is 1.15 bits per heavy atom. The van der Waals surface area contributed by atoms with E-state index in [-0.39, 0.29) is 5.82 Å². The van der Waals surface area contributed by atoms with Gasteiger partial charge in [-0.25, -0.2) is 9.37 Å². The van der Waals surface area contributed by atoms with Crippen LogP contribution >= 0.6 is 11.6 Å². The summed E-state index contributed by atoms with van der Waals surface area (Å²) in [6, 6.07) is 13.0. The Morgan fingerprint density at radius 3 is 2.60 bits per heavy atom. The van der Waals surface area contributed by atoms with Crippen molar-refractivity contribution in [2.75, 3.05) is 0 Å². The van der Waals surface area contributed by atoms with Crippen molar-refractivity contribution in [1.82, 2.24) is 9.55 Å². The number of alkyl halides is 1. The second-order valence-corrected chi connectivity index (χ2v) is 5.13. The number of benzene rings is 2. The van der Waals surface area contributed by atoms with Crippen molar-refractivity contribution in [3.63, 3.8) is 0 Å². The van der Waals surface area contributed by atoms with E-state index in [2.05, 4.69) is 36.2 Å². The van der Waals surface area contributed by atoms with Gasteiger partial charge in [-0.2, -0.15) is 0 Å². The van der Waals surface area contributed by atoms with Crippen LogP contribution in [0.4, 0.5) is 4.39 Å². The Kier molecular flexibility index (Phi) is 3.45. The number of fused-ring (bicyclic) bond motifs is 1. The SMILES string of the molecule is Cc1ccc(Cn2c(CCl)nc3cc(F)ccc32)cc1. The molecule has 0 bridgehead atoms. The number of aryl methyl sites for hydroxylation is 1. The first kappa shape index (κ1) is 13.1. The number of aromatic nitrogens is 2. The number of rotatable bonds is 3. The molecule has 3 aromatic rings. The third kappa shape index (κ3) is 2.41. The highest BCUT2D eigenvalue weighted by Gasteiger charge is 2.11. The molecule has 20 heavy (non-hydrogen) atoms. The molecule has 0 spiro atoms. The van der Waals surface area contributed by atoms with Crippen LogP contribution in [0.15, 0.2) is 42.5 Å². The molecular weight excluding hydrogens is 275 g/mol. The lowest BCUT2D eigenvalue weighted by Crippen LogP contribution is -2.03. The molecule has 0 saturated heterocycles. The van der Waals surface area contributed by atoms with Crippen LogP contribution in [0, 0.1) is 12.7 Å².